The Kier molecular flexibility index (Phi) is 4.24. The highest BCUT2D eigenvalue weighted by Gasteiger charge is 2.24. The van der Waals surface area contributed by atoms with E-state index in [2.05, 4.69) is 0 Å². The zero-order chi connectivity index (χ0) is 14.0. The first kappa shape index (κ1) is 14.1. The Balaban J connectivity index is 2.46. The van der Waals surface area contributed by atoms with Crippen molar-refractivity contribution in [3.05, 3.63) is 34.4 Å². The van der Waals surface area contributed by atoms with Crippen LogP contribution < -0.4 is 0 Å². The number of benzene rings is 1. The number of hydrogen-bond donors (Lipinski definition) is 4. The molecular formula is C15H20O4. The van der Waals surface area contributed by atoms with E-state index in [0.29, 0.717) is 29.5 Å². The van der Waals surface area contributed by atoms with E-state index in [0.717, 1.165) is 12.0 Å². The quantitative estimate of drug-likeness (QED) is 0.652. The number of rotatable bonds is 2. The topological polar surface area (TPSA) is 80.9 Å². The van der Waals surface area contributed by atoms with E-state index in [1.165, 1.54) is 0 Å². The second kappa shape index (κ2) is 5.74. The lowest BCUT2D eigenvalue weighted by atomic mass is 9.87. The molecule has 4 N–H and O–H groups in total. The van der Waals surface area contributed by atoms with Crippen molar-refractivity contribution >= 4 is 6.08 Å². The van der Waals surface area contributed by atoms with Gasteiger partial charge in [-0.05, 0) is 55.0 Å². The highest BCUT2D eigenvalue weighted by atomic mass is 16.3. The van der Waals surface area contributed by atoms with Crippen molar-refractivity contribution in [3.63, 3.8) is 0 Å². The van der Waals surface area contributed by atoms with E-state index in [9.17, 15) is 20.4 Å². The van der Waals surface area contributed by atoms with E-state index in [1.54, 1.807) is 18.2 Å². The summed E-state index contributed by atoms with van der Waals surface area (Å²) in [6, 6.07) is 3.39. The van der Waals surface area contributed by atoms with Crippen LogP contribution in [0.4, 0.5) is 0 Å². The number of phenolic OH excluding ortho intramolecular Hbond substituents is 1. The van der Waals surface area contributed by atoms with Gasteiger partial charge in [0.05, 0.1) is 18.8 Å². The summed E-state index contributed by atoms with van der Waals surface area (Å²) in [5, 5.41) is 39.2. The molecule has 104 valence electrons. The van der Waals surface area contributed by atoms with Gasteiger partial charge in [0, 0.05) is 5.56 Å². The number of hydrogen-bond acceptors (Lipinski definition) is 4. The summed E-state index contributed by atoms with van der Waals surface area (Å²) >= 11 is 0. The molecule has 0 amide bonds. The lowest BCUT2D eigenvalue weighted by Gasteiger charge is -2.26. The molecule has 2 unspecified atom stereocenters. The Morgan fingerprint density at radius 2 is 1.84 bits per heavy atom. The SMILES string of the molecule is Cc1cc(O)c(C=C2C(O)CCCC2O)c(CO)c1. The van der Waals surface area contributed by atoms with Gasteiger partial charge in [-0.25, -0.2) is 0 Å². The van der Waals surface area contributed by atoms with Gasteiger partial charge in [-0.2, -0.15) is 0 Å². The Morgan fingerprint density at radius 3 is 2.42 bits per heavy atom. The fourth-order valence-corrected chi connectivity index (χ4v) is 2.57. The van der Waals surface area contributed by atoms with Crippen LogP contribution in [0.15, 0.2) is 17.7 Å². The molecule has 2 atom stereocenters. The second-order valence-corrected chi connectivity index (χ2v) is 5.12. The zero-order valence-corrected chi connectivity index (χ0v) is 11.0. The third-order valence-corrected chi connectivity index (χ3v) is 3.59. The predicted molar refractivity (Wildman–Crippen MR) is 72.6 cm³/mol. The molecule has 0 aliphatic heterocycles. The van der Waals surface area contributed by atoms with Crippen LogP contribution in [0.2, 0.25) is 0 Å². The number of aromatic hydroxyl groups is 1. The molecule has 1 aromatic rings. The molecule has 0 aromatic heterocycles. The Bertz CT molecular complexity index is 481. The first-order valence-corrected chi connectivity index (χ1v) is 6.54. The maximum Gasteiger partial charge on any atom is 0.123 e. The summed E-state index contributed by atoms with van der Waals surface area (Å²) in [4.78, 5) is 0. The third-order valence-electron chi connectivity index (χ3n) is 3.59. The number of phenols is 1. The van der Waals surface area contributed by atoms with E-state index in [4.69, 9.17) is 0 Å². The first-order chi connectivity index (χ1) is 9.02. The summed E-state index contributed by atoms with van der Waals surface area (Å²) in [6.07, 6.45) is 2.25. The van der Waals surface area contributed by atoms with E-state index < -0.39 is 12.2 Å². The molecule has 0 radical (unpaired) electrons. The molecular weight excluding hydrogens is 244 g/mol. The summed E-state index contributed by atoms with van der Waals surface area (Å²) < 4.78 is 0. The molecule has 4 heteroatoms. The molecule has 4 nitrogen and oxygen atoms in total. The van der Waals surface area contributed by atoms with Crippen LogP contribution in [0.25, 0.3) is 6.08 Å². The largest absolute Gasteiger partial charge is 0.507 e. The Morgan fingerprint density at radius 1 is 1.21 bits per heavy atom. The van der Waals surface area contributed by atoms with Crippen molar-refractivity contribution in [2.45, 2.75) is 45.0 Å². The van der Waals surface area contributed by atoms with Crippen LogP contribution in [0.5, 0.6) is 5.75 Å². The minimum atomic E-state index is -0.684. The maximum atomic E-state index is 9.99. The van der Waals surface area contributed by atoms with E-state index in [1.807, 2.05) is 6.92 Å². The molecule has 1 fully saturated rings. The fraction of sp³-hybridized carbons (Fsp3) is 0.467. The van der Waals surface area contributed by atoms with Gasteiger partial charge in [0.15, 0.2) is 0 Å². The van der Waals surface area contributed by atoms with Gasteiger partial charge in [-0.3, -0.25) is 0 Å². The van der Waals surface area contributed by atoms with Crippen LogP contribution in [0, 0.1) is 6.92 Å². The molecule has 0 saturated heterocycles. The van der Waals surface area contributed by atoms with Crippen molar-refractivity contribution in [1.29, 1.82) is 0 Å². The van der Waals surface area contributed by atoms with Crippen LogP contribution in [-0.2, 0) is 6.61 Å². The highest BCUT2D eigenvalue weighted by molar-refractivity contribution is 5.65. The molecule has 19 heavy (non-hydrogen) atoms. The Labute approximate surface area is 112 Å². The second-order valence-electron chi connectivity index (χ2n) is 5.12. The lowest BCUT2D eigenvalue weighted by molar-refractivity contribution is 0.102. The maximum absolute atomic E-state index is 9.99. The standard InChI is InChI=1S/C15H20O4/c1-9-5-10(8-16)11(15(19)6-9)7-12-13(17)3-2-4-14(12)18/h5-7,13-14,16-19H,2-4,8H2,1H3. The van der Waals surface area contributed by atoms with Gasteiger partial charge in [0.2, 0.25) is 0 Å². The van der Waals surface area contributed by atoms with Crippen LogP contribution in [0.3, 0.4) is 0 Å². The summed E-state index contributed by atoms with van der Waals surface area (Å²) in [6.45, 7) is 1.64. The minimum Gasteiger partial charge on any atom is -0.507 e. The van der Waals surface area contributed by atoms with Gasteiger partial charge in [0.1, 0.15) is 5.75 Å². The zero-order valence-electron chi connectivity index (χ0n) is 11.0. The third kappa shape index (κ3) is 2.97. The average Bonchev–Trinajstić information content (AvgIpc) is 2.35. The predicted octanol–water partition coefficient (Wildman–Crippen LogP) is 1.48. The monoisotopic (exact) mass is 264 g/mol. The summed E-state index contributed by atoms with van der Waals surface area (Å²) in [5.74, 6) is 0.0570. The summed E-state index contributed by atoms with van der Waals surface area (Å²) in [5.41, 5.74) is 2.44. The normalized spacial score (nSPS) is 23.5. The minimum absolute atomic E-state index is 0.0570. The number of aliphatic hydroxyl groups is 3. The lowest BCUT2D eigenvalue weighted by Crippen LogP contribution is -2.27. The molecule has 1 aliphatic rings. The molecule has 0 bridgehead atoms. The van der Waals surface area contributed by atoms with Gasteiger partial charge >= 0.3 is 0 Å². The smallest absolute Gasteiger partial charge is 0.123 e. The van der Waals surface area contributed by atoms with E-state index >= 15 is 0 Å². The van der Waals surface area contributed by atoms with Crippen LogP contribution in [-0.4, -0.2) is 32.6 Å². The van der Waals surface area contributed by atoms with Gasteiger partial charge in [0.25, 0.3) is 0 Å². The molecule has 2 rings (SSSR count). The van der Waals surface area contributed by atoms with Crippen molar-refractivity contribution in [3.8, 4) is 5.75 Å². The van der Waals surface area contributed by atoms with Crippen LogP contribution >= 0.6 is 0 Å². The van der Waals surface area contributed by atoms with Gasteiger partial charge < -0.3 is 20.4 Å². The molecule has 0 heterocycles. The molecule has 1 aromatic carbocycles. The van der Waals surface area contributed by atoms with E-state index in [-0.39, 0.29) is 12.4 Å². The van der Waals surface area contributed by atoms with Crippen molar-refractivity contribution in [2.75, 3.05) is 0 Å². The number of aliphatic hydroxyl groups excluding tert-OH is 3. The average molecular weight is 264 g/mol. The molecule has 1 aliphatic carbocycles. The highest BCUT2D eigenvalue weighted by Crippen LogP contribution is 2.31. The van der Waals surface area contributed by atoms with Gasteiger partial charge in [-0.1, -0.05) is 6.07 Å². The first-order valence-electron chi connectivity index (χ1n) is 6.54. The van der Waals surface area contributed by atoms with Crippen molar-refractivity contribution < 1.29 is 20.4 Å². The van der Waals surface area contributed by atoms with Crippen LogP contribution in [0.1, 0.15) is 36.0 Å². The van der Waals surface area contributed by atoms with Crippen molar-refractivity contribution in [2.24, 2.45) is 0 Å². The molecule has 0 spiro atoms. The Hall–Kier alpha value is -1.36. The molecule has 1 saturated carbocycles. The van der Waals surface area contributed by atoms with Gasteiger partial charge in [-0.15, -0.1) is 0 Å². The number of aryl methyl sites for hydroxylation is 1. The van der Waals surface area contributed by atoms with Crippen molar-refractivity contribution in [1.82, 2.24) is 0 Å². The fourth-order valence-electron chi connectivity index (χ4n) is 2.57. The summed E-state index contributed by atoms with van der Waals surface area (Å²) in [7, 11) is 0.